The number of carboxylic acid groups (broad SMARTS) is 1. The van der Waals surface area contributed by atoms with E-state index >= 15 is 4.39 Å². The van der Waals surface area contributed by atoms with Crippen molar-refractivity contribution < 1.29 is 23.8 Å². The molecule has 0 spiro atoms. The van der Waals surface area contributed by atoms with Crippen molar-refractivity contribution in [2.24, 2.45) is 0 Å². The molecule has 2 aromatic heterocycles. The maximum atomic E-state index is 15.5. The van der Waals surface area contributed by atoms with Crippen LogP contribution in [-0.2, 0) is 22.5 Å². The molecule has 1 atom stereocenters. The molecule has 0 saturated heterocycles. The Morgan fingerprint density at radius 2 is 2.03 bits per heavy atom. The summed E-state index contributed by atoms with van der Waals surface area (Å²) in [5.74, 6) is -1.22. The second-order valence-corrected chi connectivity index (χ2v) is 10.9. The average molecular weight is 517 g/mol. The summed E-state index contributed by atoms with van der Waals surface area (Å²) in [6.07, 6.45) is 4.01. The first-order chi connectivity index (χ1) is 18.0. The Labute approximate surface area is 222 Å². The van der Waals surface area contributed by atoms with Gasteiger partial charge < -0.3 is 19.1 Å². The fourth-order valence-electron chi connectivity index (χ4n) is 5.42. The van der Waals surface area contributed by atoms with E-state index in [-0.39, 0.29) is 0 Å². The lowest BCUT2D eigenvalue weighted by Gasteiger charge is -2.29. The Kier molecular flexibility index (Phi) is 6.73. The number of ether oxygens (including phenoxy) is 2. The molecular weight excluding hydrogens is 483 g/mol. The number of hydrogen-bond donors (Lipinski definition) is 1. The van der Waals surface area contributed by atoms with Crippen molar-refractivity contribution in [3.8, 4) is 16.9 Å². The number of aromatic nitrogens is 2. The number of fused-ring (bicyclic) bond motifs is 2. The normalized spacial score (nSPS) is 14.3. The molecule has 0 saturated carbocycles. The lowest BCUT2D eigenvalue weighted by molar-refractivity contribution is -0.160. The number of nitrogens with zero attached hydrogens (tertiary/aromatic N) is 2. The number of hydrogen-bond acceptors (Lipinski definition) is 4. The van der Waals surface area contributed by atoms with Crippen molar-refractivity contribution in [3.63, 3.8) is 0 Å². The highest BCUT2D eigenvalue weighted by molar-refractivity contribution is 6.01. The van der Waals surface area contributed by atoms with Gasteiger partial charge in [-0.05, 0) is 100 Å². The number of aryl methyl sites for hydroxylation is 1. The Balaban J connectivity index is 1.81. The molecule has 4 aromatic rings. The first kappa shape index (κ1) is 25.9. The molecule has 1 N–H and O–H groups in total. The lowest BCUT2D eigenvalue weighted by atomic mass is 9.85. The standard InChI is InChI=1S/C31H33FN2O4/c1-18-15-25-22(11-13-34(25)17-20-9-6-7-12-33-20)27(26(18)29(30(35)36)38-31(3,4)5)23-16-24(32)28-21(19(23)2)10-8-14-37-28/h6-7,9,11-13,15-16,29H,8,10,14,17H2,1-5H3,(H,35,36)/t29-/m0/s1. The van der Waals surface area contributed by atoms with Crippen molar-refractivity contribution in [3.05, 3.63) is 82.6 Å². The van der Waals surface area contributed by atoms with Gasteiger partial charge in [0.05, 0.1) is 24.4 Å². The fourth-order valence-corrected chi connectivity index (χ4v) is 5.42. The second kappa shape index (κ2) is 9.87. The number of halogens is 1. The molecule has 2 aromatic carbocycles. The number of rotatable bonds is 6. The van der Waals surface area contributed by atoms with Crippen molar-refractivity contribution in [2.75, 3.05) is 6.61 Å². The van der Waals surface area contributed by atoms with E-state index in [1.54, 1.807) is 6.20 Å². The van der Waals surface area contributed by atoms with Crippen LogP contribution in [0.4, 0.5) is 4.39 Å². The van der Waals surface area contributed by atoms with Crippen LogP contribution in [0.2, 0.25) is 0 Å². The van der Waals surface area contributed by atoms with Gasteiger partial charge in [0.25, 0.3) is 0 Å². The van der Waals surface area contributed by atoms with Crippen LogP contribution in [0.15, 0.2) is 48.8 Å². The molecule has 0 amide bonds. The van der Waals surface area contributed by atoms with Crippen molar-refractivity contribution in [1.29, 1.82) is 0 Å². The van der Waals surface area contributed by atoms with E-state index in [1.807, 2.05) is 71.1 Å². The first-order valence-electron chi connectivity index (χ1n) is 12.9. The van der Waals surface area contributed by atoms with Gasteiger partial charge in [-0.3, -0.25) is 4.98 Å². The molecule has 6 nitrogen and oxygen atoms in total. The van der Waals surface area contributed by atoms with Gasteiger partial charge in [0, 0.05) is 34.4 Å². The SMILES string of the molecule is Cc1cc2c(ccn2Cc2ccccn2)c(-c2cc(F)c3c(c2C)CCCO3)c1[C@H](OC(C)(C)C)C(=O)O. The van der Waals surface area contributed by atoms with E-state index in [1.165, 1.54) is 6.07 Å². The zero-order valence-corrected chi connectivity index (χ0v) is 22.5. The van der Waals surface area contributed by atoms with Gasteiger partial charge in [0.1, 0.15) is 0 Å². The van der Waals surface area contributed by atoms with Crippen LogP contribution in [0.5, 0.6) is 5.75 Å². The summed E-state index contributed by atoms with van der Waals surface area (Å²) in [4.78, 5) is 17.1. The molecule has 3 heterocycles. The molecule has 0 bridgehead atoms. The predicted octanol–water partition coefficient (Wildman–Crippen LogP) is 6.77. The molecular formula is C31H33FN2O4. The van der Waals surface area contributed by atoms with Crippen molar-refractivity contribution in [2.45, 2.75) is 65.7 Å². The van der Waals surface area contributed by atoms with Crippen LogP contribution in [0, 0.1) is 19.7 Å². The molecule has 5 rings (SSSR count). The molecule has 198 valence electrons. The third-order valence-corrected chi connectivity index (χ3v) is 7.05. The maximum Gasteiger partial charge on any atom is 0.337 e. The maximum absolute atomic E-state index is 15.5. The topological polar surface area (TPSA) is 73.6 Å². The number of pyridine rings is 1. The number of aliphatic carboxylic acids is 1. The zero-order valence-electron chi connectivity index (χ0n) is 22.5. The lowest BCUT2D eigenvalue weighted by Crippen LogP contribution is -2.28. The third kappa shape index (κ3) is 4.78. The van der Waals surface area contributed by atoms with E-state index in [2.05, 4.69) is 9.55 Å². The third-order valence-electron chi connectivity index (χ3n) is 7.05. The summed E-state index contributed by atoms with van der Waals surface area (Å²) in [5, 5.41) is 11.2. The number of carbonyl (C=O) groups is 1. The van der Waals surface area contributed by atoms with Crippen LogP contribution < -0.4 is 4.74 Å². The Morgan fingerprint density at radius 1 is 1.24 bits per heavy atom. The molecule has 38 heavy (non-hydrogen) atoms. The van der Waals surface area contributed by atoms with Gasteiger partial charge in [-0.25, -0.2) is 9.18 Å². The molecule has 0 fully saturated rings. The number of carboxylic acids is 1. The fraction of sp³-hybridized carbons (Fsp3) is 0.355. The first-order valence-corrected chi connectivity index (χ1v) is 12.9. The highest BCUT2D eigenvalue weighted by Gasteiger charge is 2.33. The van der Waals surface area contributed by atoms with Crippen LogP contribution in [0.1, 0.15) is 61.2 Å². The number of benzene rings is 2. The largest absolute Gasteiger partial charge is 0.490 e. The molecule has 1 aliphatic rings. The van der Waals surface area contributed by atoms with Crippen LogP contribution in [0.25, 0.3) is 22.0 Å². The van der Waals surface area contributed by atoms with Crippen LogP contribution in [-0.4, -0.2) is 32.8 Å². The van der Waals surface area contributed by atoms with E-state index in [0.717, 1.165) is 39.7 Å². The second-order valence-electron chi connectivity index (χ2n) is 10.9. The Morgan fingerprint density at radius 3 is 2.71 bits per heavy atom. The van der Waals surface area contributed by atoms with Crippen LogP contribution in [0.3, 0.4) is 0 Å². The predicted molar refractivity (Wildman–Crippen MR) is 145 cm³/mol. The van der Waals surface area contributed by atoms with Gasteiger partial charge in [0.15, 0.2) is 17.7 Å². The van der Waals surface area contributed by atoms with Gasteiger partial charge in [-0.2, -0.15) is 0 Å². The molecule has 1 aliphatic heterocycles. The minimum absolute atomic E-state index is 0.302. The zero-order chi connectivity index (χ0) is 27.2. The minimum atomic E-state index is -1.23. The van der Waals surface area contributed by atoms with E-state index in [4.69, 9.17) is 9.47 Å². The monoisotopic (exact) mass is 516 g/mol. The summed E-state index contributed by atoms with van der Waals surface area (Å²) in [5.41, 5.74) is 5.48. The molecule has 0 unspecified atom stereocenters. The summed E-state index contributed by atoms with van der Waals surface area (Å²) in [6.45, 7) is 10.4. The smallest absolute Gasteiger partial charge is 0.337 e. The van der Waals surface area contributed by atoms with Crippen molar-refractivity contribution >= 4 is 16.9 Å². The van der Waals surface area contributed by atoms with E-state index in [0.29, 0.717) is 42.0 Å². The summed E-state index contributed by atoms with van der Waals surface area (Å²) >= 11 is 0. The van der Waals surface area contributed by atoms with E-state index in [9.17, 15) is 9.90 Å². The van der Waals surface area contributed by atoms with Gasteiger partial charge in [-0.15, -0.1) is 0 Å². The minimum Gasteiger partial charge on any atom is -0.490 e. The van der Waals surface area contributed by atoms with Gasteiger partial charge in [0.2, 0.25) is 0 Å². The quantitative estimate of drug-likeness (QED) is 0.306. The van der Waals surface area contributed by atoms with Crippen LogP contribution >= 0.6 is 0 Å². The highest BCUT2D eigenvalue weighted by atomic mass is 19.1. The summed E-state index contributed by atoms with van der Waals surface area (Å²) in [7, 11) is 0. The van der Waals surface area contributed by atoms with Gasteiger partial charge in [-0.1, -0.05) is 6.07 Å². The Hall–Kier alpha value is -3.71. The molecule has 0 radical (unpaired) electrons. The summed E-state index contributed by atoms with van der Waals surface area (Å²) < 4.78 is 29.4. The highest BCUT2D eigenvalue weighted by Crippen LogP contribution is 2.45. The Bertz CT molecular complexity index is 1520. The molecule has 0 aliphatic carbocycles. The molecule has 7 heteroatoms. The van der Waals surface area contributed by atoms with E-state index < -0.39 is 23.5 Å². The average Bonchev–Trinajstić information content (AvgIpc) is 3.26. The van der Waals surface area contributed by atoms with Crippen molar-refractivity contribution in [1.82, 2.24) is 9.55 Å². The van der Waals surface area contributed by atoms with Gasteiger partial charge >= 0.3 is 5.97 Å². The summed E-state index contributed by atoms with van der Waals surface area (Å²) in [6, 6.07) is 11.2.